The Bertz CT molecular complexity index is 1350. The van der Waals surface area contributed by atoms with Gasteiger partial charge in [0.25, 0.3) is 5.91 Å². The number of rotatable bonds is 5. The molecule has 0 radical (unpaired) electrons. The SMILES string of the molecule is CCOC(=O)c1c(-c2ccc3c4c(cccc24)CC3)csc1NC(=O)c1ccc(F)cc1. The van der Waals surface area contributed by atoms with Gasteiger partial charge in [-0.25, -0.2) is 9.18 Å². The molecule has 32 heavy (non-hydrogen) atoms. The lowest BCUT2D eigenvalue weighted by Crippen LogP contribution is -2.14. The molecule has 1 heterocycles. The normalized spacial score (nSPS) is 12.2. The van der Waals surface area contributed by atoms with Crippen molar-refractivity contribution in [2.45, 2.75) is 19.8 Å². The van der Waals surface area contributed by atoms with Crippen molar-refractivity contribution in [3.8, 4) is 11.1 Å². The van der Waals surface area contributed by atoms with Crippen LogP contribution in [0.5, 0.6) is 0 Å². The Hall–Kier alpha value is -3.51. The van der Waals surface area contributed by atoms with Crippen LogP contribution in [0.4, 0.5) is 9.39 Å². The molecule has 1 N–H and O–H groups in total. The minimum Gasteiger partial charge on any atom is -0.462 e. The molecule has 0 atom stereocenters. The Morgan fingerprint density at radius 3 is 2.50 bits per heavy atom. The number of carbonyl (C=O) groups excluding carboxylic acids is 2. The maximum Gasteiger partial charge on any atom is 0.341 e. The number of thiophene rings is 1. The van der Waals surface area contributed by atoms with Gasteiger partial charge in [0, 0.05) is 16.5 Å². The number of amides is 1. The molecule has 1 amide bonds. The van der Waals surface area contributed by atoms with Gasteiger partial charge < -0.3 is 10.1 Å². The molecule has 5 rings (SSSR count). The first kappa shape index (κ1) is 20.4. The van der Waals surface area contributed by atoms with Crippen LogP contribution in [0.2, 0.25) is 0 Å². The van der Waals surface area contributed by atoms with E-state index in [-0.39, 0.29) is 6.61 Å². The number of anilines is 1. The minimum absolute atomic E-state index is 0.225. The van der Waals surface area contributed by atoms with Gasteiger partial charge in [-0.3, -0.25) is 4.79 Å². The van der Waals surface area contributed by atoms with Crippen molar-refractivity contribution in [2.75, 3.05) is 11.9 Å². The summed E-state index contributed by atoms with van der Waals surface area (Å²) in [5.74, 6) is -1.31. The van der Waals surface area contributed by atoms with Crippen molar-refractivity contribution in [2.24, 2.45) is 0 Å². The van der Waals surface area contributed by atoms with Crippen LogP contribution in [0, 0.1) is 5.82 Å². The second-order valence-corrected chi connectivity index (χ2v) is 8.53. The minimum atomic E-state index is -0.485. The standard InChI is InChI=1S/C26H20FNO3S/c1-2-31-26(30)23-21(14-32-25(23)28-24(29)17-8-11-18(27)12-9-17)19-13-10-16-7-6-15-4-3-5-20(19)22(15)16/h3-5,8-14H,2,6-7H2,1H3,(H,28,29). The number of hydrogen-bond acceptors (Lipinski definition) is 4. The predicted octanol–water partition coefficient (Wildman–Crippen LogP) is 6.24. The van der Waals surface area contributed by atoms with Crippen LogP contribution >= 0.6 is 11.3 Å². The second-order valence-electron chi connectivity index (χ2n) is 7.65. The molecule has 6 heteroatoms. The number of nitrogens with one attached hydrogen (secondary N) is 1. The van der Waals surface area contributed by atoms with Gasteiger partial charge in [-0.1, -0.05) is 30.3 Å². The van der Waals surface area contributed by atoms with E-state index in [0.29, 0.717) is 16.1 Å². The van der Waals surface area contributed by atoms with Crippen LogP contribution in [0.25, 0.3) is 21.9 Å². The van der Waals surface area contributed by atoms with E-state index in [0.717, 1.165) is 29.4 Å². The summed E-state index contributed by atoms with van der Waals surface area (Å²) in [4.78, 5) is 25.7. The maximum atomic E-state index is 13.2. The summed E-state index contributed by atoms with van der Waals surface area (Å²) in [7, 11) is 0. The van der Waals surface area contributed by atoms with Crippen LogP contribution in [0.1, 0.15) is 38.8 Å². The summed E-state index contributed by atoms with van der Waals surface area (Å²) in [6.07, 6.45) is 2.03. The summed E-state index contributed by atoms with van der Waals surface area (Å²) in [5.41, 5.74) is 4.95. The number of hydrogen-bond donors (Lipinski definition) is 1. The average Bonchev–Trinajstić information content (AvgIpc) is 3.40. The third-order valence-corrected chi connectivity index (χ3v) is 6.67. The zero-order chi connectivity index (χ0) is 22.2. The number of halogens is 1. The summed E-state index contributed by atoms with van der Waals surface area (Å²) < 4.78 is 18.6. The van der Waals surface area contributed by atoms with Gasteiger partial charge in [0.1, 0.15) is 16.4 Å². The topological polar surface area (TPSA) is 55.4 Å². The highest BCUT2D eigenvalue weighted by molar-refractivity contribution is 7.15. The summed E-state index contributed by atoms with van der Waals surface area (Å²) in [6.45, 7) is 1.98. The zero-order valence-corrected chi connectivity index (χ0v) is 18.2. The summed E-state index contributed by atoms with van der Waals surface area (Å²) in [5, 5.41) is 7.46. The number of benzene rings is 3. The van der Waals surface area contributed by atoms with E-state index in [1.54, 1.807) is 6.92 Å². The van der Waals surface area contributed by atoms with Gasteiger partial charge in [-0.2, -0.15) is 0 Å². The molecule has 0 spiro atoms. The quantitative estimate of drug-likeness (QED) is 0.370. The lowest BCUT2D eigenvalue weighted by Gasteiger charge is -2.12. The first-order valence-electron chi connectivity index (χ1n) is 10.5. The van der Waals surface area contributed by atoms with E-state index in [2.05, 4.69) is 23.5 Å². The van der Waals surface area contributed by atoms with Crippen molar-refractivity contribution < 1.29 is 18.7 Å². The van der Waals surface area contributed by atoms with Crippen molar-refractivity contribution in [1.82, 2.24) is 0 Å². The molecule has 3 aromatic carbocycles. The van der Waals surface area contributed by atoms with Crippen molar-refractivity contribution in [1.29, 1.82) is 0 Å². The largest absolute Gasteiger partial charge is 0.462 e. The predicted molar refractivity (Wildman–Crippen MR) is 125 cm³/mol. The molecular formula is C26H20FNO3S. The van der Waals surface area contributed by atoms with Crippen LogP contribution in [-0.4, -0.2) is 18.5 Å². The van der Waals surface area contributed by atoms with E-state index >= 15 is 0 Å². The highest BCUT2D eigenvalue weighted by Crippen LogP contribution is 2.42. The molecule has 1 aliphatic carbocycles. The molecule has 0 aliphatic heterocycles. The van der Waals surface area contributed by atoms with Gasteiger partial charge in [0.2, 0.25) is 0 Å². The smallest absolute Gasteiger partial charge is 0.341 e. The molecule has 0 fully saturated rings. The Labute approximate surface area is 188 Å². The average molecular weight is 446 g/mol. The van der Waals surface area contributed by atoms with Gasteiger partial charge in [-0.05, 0) is 71.5 Å². The molecular weight excluding hydrogens is 425 g/mol. The molecule has 1 aromatic heterocycles. The second kappa shape index (κ2) is 8.20. The fourth-order valence-electron chi connectivity index (χ4n) is 4.31. The third kappa shape index (κ3) is 3.46. The van der Waals surface area contributed by atoms with Gasteiger partial charge >= 0.3 is 5.97 Å². The van der Waals surface area contributed by atoms with E-state index in [1.807, 2.05) is 17.5 Å². The van der Waals surface area contributed by atoms with E-state index in [4.69, 9.17) is 4.74 Å². The Balaban J connectivity index is 1.61. The monoisotopic (exact) mass is 445 g/mol. The van der Waals surface area contributed by atoms with E-state index < -0.39 is 17.7 Å². The molecule has 160 valence electrons. The first-order chi connectivity index (χ1) is 15.6. The summed E-state index contributed by atoms with van der Waals surface area (Å²) >= 11 is 1.28. The zero-order valence-electron chi connectivity index (χ0n) is 17.4. The van der Waals surface area contributed by atoms with Gasteiger partial charge in [0.05, 0.1) is 6.61 Å². The van der Waals surface area contributed by atoms with Crippen LogP contribution in [-0.2, 0) is 17.6 Å². The Kier molecular flexibility index (Phi) is 5.23. The van der Waals surface area contributed by atoms with E-state index in [9.17, 15) is 14.0 Å². The highest BCUT2D eigenvalue weighted by atomic mass is 32.1. The number of aryl methyl sites for hydroxylation is 2. The third-order valence-electron chi connectivity index (χ3n) is 5.77. The molecule has 0 bridgehead atoms. The number of ether oxygens (including phenoxy) is 1. The maximum absolute atomic E-state index is 13.2. The molecule has 4 nitrogen and oxygen atoms in total. The van der Waals surface area contributed by atoms with E-state index in [1.165, 1.54) is 52.1 Å². The van der Waals surface area contributed by atoms with Gasteiger partial charge in [-0.15, -0.1) is 11.3 Å². The molecule has 0 saturated heterocycles. The first-order valence-corrected chi connectivity index (χ1v) is 11.3. The van der Waals surface area contributed by atoms with Crippen LogP contribution in [0.3, 0.4) is 0 Å². The molecule has 4 aromatic rings. The highest BCUT2D eigenvalue weighted by Gasteiger charge is 2.25. The van der Waals surface area contributed by atoms with Crippen molar-refractivity contribution in [3.05, 3.63) is 88.0 Å². The Morgan fingerprint density at radius 1 is 1.00 bits per heavy atom. The lowest BCUT2D eigenvalue weighted by molar-refractivity contribution is 0.0529. The molecule has 1 aliphatic rings. The summed E-state index contributed by atoms with van der Waals surface area (Å²) in [6, 6.07) is 15.7. The fourth-order valence-corrected chi connectivity index (χ4v) is 5.26. The van der Waals surface area contributed by atoms with Crippen molar-refractivity contribution in [3.63, 3.8) is 0 Å². The molecule has 0 saturated carbocycles. The van der Waals surface area contributed by atoms with Crippen LogP contribution < -0.4 is 5.32 Å². The lowest BCUT2D eigenvalue weighted by atomic mass is 9.94. The van der Waals surface area contributed by atoms with Crippen LogP contribution in [0.15, 0.2) is 60.0 Å². The number of esters is 1. The van der Waals surface area contributed by atoms with Crippen molar-refractivity contribution >= 4 is 39.0 Å². The molecule has 0 unspecified atom stereocenters. The number of carbonyl (C=O) groups is 2. The Morgan fingerprint density at radius 2 is 1.75 bits per heavy atom. The fraction of sp³-hybridized carbons (Fsp3) is 0.154. The van der Waals surface area contributed by atoms with Gasteiger partial charge in [0.15, 0.2) is 0 Å².